The molecule has 11 heteroatoms. The molecule has 9 nitrogen and oxygen atoms in total. The Balaban J connectivity index is 1.98. The molecule has 0 aliphatic carbocycles. The standard InChI is InChI=1S/C18H19BrN4O5S/c1-29(26,27)23(16-5-3-2-4-15(16)19)11-18(25)22-21-10-13-6-8-14(9-7-13)28-12-17(20)24/h2-10H,11-12H2,1H3,(H2,20,24)(H,22,25)/b21-10-. The van der Waals surface area contributed by atoms with Crippen molar-refractivity contribution in [1.29, 1.82) is 0 Å². The molecule has 2 aromatic carbocycles. The maximum absolute atomic E-state index is 12.2. The van der Waals surface area contributed by atoms with E-state index in [1.807, 2.05) is 0 Å². The van der Waals surface area contributed by atoms with E-state index in [4.69, 9.17) is 10.5 Å². The minimum absolute atomic E-state index is 0.224. The molecule has 2 aromatic rings. The smallest absolute Gasteiger partial charge is 0.260 e. The summed E-state index contributed by atoms with van der Waals surface area (Å²) in [6.45, 7) is -0.656. The lowest BCUT2D eigenvalue weighted by Gasteiger charge is -2.22. The Labute approximate surface area is 176 Å². The van der Waals surface area contributed by atoms with E-state index >= 15 is 0 Å². The predicted molar refractivity (Wildman–Crippen MR) is 113 cm³/mol. The molecule has 2 rings (SSSR count). The van der Waals surface area contributed by atoms with Gasteiger partial charge in [-0.3, -0.25) is 13.9 Å². The van der Waals surface area contributed by atoms with Crippen LogP contribution in [0.2, 0.25) is 0 Å². The van der Waals surface area contributed by atoms with Crippen molar-refractivity contribution < 1.29 is 22.7 Å². The van der Waals surface area contributed by atoms with Gasteiger partial charge in [0.05, 0.1) is 18.2 Å². The fourth-order valence-corrected chi connectivity index (χ4v) is 3.67. The Bertz CT molecular complexity index is 1010. The van der Waals surface area contributed by atoms with E-state index in [2.05, 4.69) is 26.5 Å². The molecular weight excluding hydrogens is 464 g/mol. The highest BCUT2D eigenvalue weighted by molar-refractivity contribution is 9.10. The Hall–Kier alpha value is -2.92. The van der Waals surface area contributed by atoms with E-state index in [0.29, 0.717) is 21.5 Å². The van der Waals surface area contributed by atoms with Crippen LogP contribution in [0.1, 0.15) is 5.56 Å². The normalized spacial score (nSPS) is 11.2. The summed E-state index contributed by atoms with van der Waals surface area (Å²) < 4.78 is 30.8. The van der Waals surface area contributed by atoms with E-state index in [9.17, 15) is 18.0 Å². The largest absolute Gasteiger partial charge is 0.484 e. The lowest BCUT2D eigenvalue weighted by Crippen LogP contribution is -2.39. The number of nitrogens with two attached hydrogens (primary N) is 1. The zero-order valence-corrected chi connectivity index (χ0v) is 17.8. The van der Waals surface area contributed by atoms with Crippen molar-refractivity contribution in [3.8, 4) is 5.75 Å². The highest BCUT2D eigenvalue weighted by Crippen LogP contribution is 2.27. The number of rotatable bonds is 9. The third kappa shape index (κ3) is 7.20. The van der Waals surface area contributed by atoms with Crippen molar-refractivity contribution in [3.05, 3.63) is 58.6 Å². The summed E-state index contributed by atoms with van der Waals surface area (Å²) in [5.74, 6) is -0.727. The van der Waals surface area contributed by atoms with Crippen LogP contribution >= 0.6 is 15.9 Å². The molecule has 154 valence electrons. The van der Waals surface area contributed by atoms with Crippen molar-refractivity contribution in [2.24, 2.45) is 10.8 Å². The summed E-state index contributed by atoms with van der Waals surface area (Å²) in [5.41, 5.74) is 8.30. The molecule has 0 heterocycles. The zero-order valence-electron chi connectivity index (χ0n) is 15.4. The lowest BCUT2D eigenvalue weighted by atomic mass is 10.2. The number of primary amides is 1. The van der Waals surface area contributed by atoms with Crippen molar-refractivity contribution >= 4 is 49.7 Å². The van der Waals surface area contributed by atoms with E-state index in [0.717, 1.165) is 10.6 Å². The van der Waals surface area contributed by atoms with Crippen molar-refractivity contribution in [2.75, 3.05) is 23.7 Å². The first-order valence-electron chi connectivity index (χ1n) is 8.22. The summed E-state index contributed by atoms with van der Waals surface area (Å²) in [7, 11) is -3.69. The average Bonchev–Trinajstić information content (AvgIpc) is 2.65. The highest BCUT2D eigenvalue weighted by atomic mass is 79.9. The Morgan fingerprint density at radius 3 is 2.45 bits per heavy atom. The molecule has 0 radical (unpaired) electrons. The van der Waals surface area contributed by atoms with Crippen molar-refractivity contribution in [2.45, 2.75) is 0 Å². The first kappa shape index (κ1) is 22.4. The number of halogens is 1. The van der Waals surface area contributed by atoms with E-state index in [1.54, 1.807) is 48.5 Å². The van der Waals surface area contributed by atoms with Crippen LogP contribution < -0.4 is 20.2 Å². The van der Waals surface area contributed by atoms with Crippen molar-refractivity contribution in [1.82, 2.24) is 5.43 Å². The molecule has 0 bridgehead atoms. The second kappa shape index (κ2) is 10.0. The van der Waals surface area contributed by atoms with Gasteiger partial charge in [0.25, 0.3) is 11.8 Å². The summed E-state index contributed by atoms with van der Waals surface area (Å²) >= 11 is 3.28. The van der Waals surface area contributed by atoms with Gasteiger partial charge in [0.15, 0.2) is 6.61 Å². The number of hydrogen-bond donors (Lipinski definition) is 2. The molecule has 29 heavy (non-hydrogen) atoms. The second-order valence-electron chi connectivity index (χ2n) is 5.84. The molecule has 0 aromatic heterocycles. The zero-order chi connectivity index (χ0) is 21.4. The quantitative estimate of drug-likeness (QED) is 0.409. The minimum Gasteiger partial charge on any atom is -0.484 e. The molecule has 0 saturated heterocycles. The molecule has 0 unspecified atom stereocenters. The van der Waals surface area contributed by atoms with Crippen LogP contribution in [0.3, 0.4) is 0 Å². The van der Waals surface area contributed by atoms with E-state index in [-0.39, 0.29) is 6.61 Å². The molecule has 0 saturated carbocycles. The predicted octanol–water partition coefficient (Wildman–Crippen LogP) is 1.23. The molecule has 0 spiro atoms. The number of amides is 2. The third-order valence-electron chi connectivity index (χ3n) is 3.47. The Kier molecular flexibility index (Phi) is 7.74. The van der Waals surface area contributed by atoms with Gasteiger partial charge in [-0.2, -0.15) is 5.10 Å². The van der Waals surface area contributed by atoms with Gasteiger partial charge < -0.3 is 10.5 Å². The topological polar surface area (TPSA) is 131 Å². The van der Waals surface area contributed by atoms with Gasteiger partial charge in [0.1, 0.15) is 12.3 Å². The number of hydrazone groups is 1. The van der Waals surface area contributed by atoms with Gasteiger partial charge in [-0.05, 0) is 57.9 Å². The van der Waals surface area contributed by atoms with Crippen molar-refractivity contribution in [3.63, 3.8) is 0 Å². The number of hydrogen-bond acceptors (Lipinski definition) is 6. The van der Waals surface area contributed by atoms with Gasteiger partial charge in [0.2, 0.25) is 10.0 Å². The molecule has 2 amide bonds. The van der Waals surface area contributed by atoms with Crippen LogP contribution in [-0.4, -0.2) is 45.9 Å². The van der Waals surface area contributed by atoms with Crippen LogP contribution in [0.4, 0.5) is 5.69 Å². The van der Waals surface area contributed by atoms with Crippen LogP contribution in [0, 0.1) is 0 Å². The molecule has 3 N–H and O–H groups in total. The minimum atomic E-state index is -3.69. The van der Waals surface area contributed by atoms with E-state index in [1.165, 1.54) is 6.21 Å². The molecular formula is C18H19BrN4O5S. The number of sulfonamides is 1. The fourth-order valence-electron chi connectivity index (χ4n) is 2.18. The number of carbonyl (C=O) groups excluding carboxylic acids is 2. The van der Waals surface area contributed by atoms with E-state index < -0.39 is 28.4 Å². The number of anilines is 1. The number of benzene rings is 2. The van der Waals surface area contributed by atoms with Gasteiger partial charge in [-0.1, -0.05) is 12.1 Å². The second-order valence-corrected chi connectivity index (χ2v) is 8.60. The van der Waals surface area contributed by atoms with Gasteiger partial charge >= 0.3 is 0 Å². The van der Waals surface area contributed by atoms with Gasteiger partial charge in [-0.25, -0.2) is 13.8 Å². The fraction of sp³-hybridized carbons (Fsp3) is 0.167. The molecule has 0 fully saturated rings. The summed E-state index contributed by atoms with van der Waals surface area (Å²) in [4.78, 5) is 22.9. The monoisotopic (exact) mass is 482 g/mol. The first-order chi connectivity index (χ1) is 13.7. The number of ether oxygens (including phenoxy) is 1. The first-order valence-corrected chi connectivity index (χ1v) is 10.9. The molecule has 0 atom stereocenters. The SMILES string of the molecule is CS(=O)(=O)N(CC(=O)N/N=C\c1ccc(OCC(N)=O)cc1)c1ccccc1Br. The summed E-state index contributed by atoms with van der Waals surface area (Å²) in [5, 5.41) is 3.82. The number of nitrogens with zero attached hydrogens (tertiary/aromatic N) is 2. The number of nitrogens with one attached hydrogen (secondary N) is 1. The number of carbonyl (C=O) groups is 2. The third-order valence-corrected chi connectivity index (χ3v) is 5.27. The Morgan fingerprint density at radius 2 is 1.86 bits per heavy atom. The summed E-state index contributed by atoms with van der Waals surface area (Å²) in [6.07, 6.45) is 2.41. The average molecular weight is 483 g/mol. The number of para-hydroxylation sites is 1. The maximum atomic E-state index is 12.2. The van der Waals surface area contributed by atoms with Crippen LogP contribution in [0.15, 0.2) is 58.1 Å². The molecule has 0 aliphatic rings. The van der Waals surface area contributed by atoms with Crippen LogP contribution in [0.5, 0.6) is 5.75 Å². The van der Waals surface area contributed by atoms with Gasteiger partial charge in [0, 0.05) is 4.47 Å². The lowest BCUT2D eigenvalue weighted by molar-refractivity contribution is -0.120. The highest BCUT2D eigenvalue weighted by Gasteiger charge is 2.22. The van der Waals surface area contributed by atoms with Crippen LogP contribution in [0.25, 0.3) is 0 Å². The van der Waals surface area contributed by atoms with Gasteiger partial charge in [-0.15, -0.1) is 0 Å². The molecule has 0 aliphatic heterocycles. The maximum Gasteiger partial charge on any atom is 0.260 e. The van der Waals surface area contributed by atoms with Crippen LogP contribution in [-0.2, 0) is 19.6 Å². The Morgan fingerprint density at radius 1 is 1.21 bits per heavy atom. The summed E-state index contributed by atoms with van der Waals surface area (Å²) in [6, 6.07) is 13.2.